The van der Waals surface area contributed by atoms with Gasteiger partial charge in [0.2, 0.25) is 5.91 Å². The van der Waals surface area contributed by atoms with Crippen molar-refractivity contribution < 1.29 is 4.79 Å². The van der Waals surface area contributed by atoms with Gasteiger partial charge in [-0.1, -0.05) is 6.07 Å². The zero-order chi connectivity index (χ0) is 11.7. The van der Waals surface area contributed by atoms with Gasteiger partial charge in [-0.25, -0.2) is 0 Å². The van der Waals surface area contributed by atoms with Crippen molar-refractivity contribution in [3.05, 3.63) is 33.7 Å². The van der Waals surface area contributed by atoms with E-state index in [1.165, 1.54) is 0 Å². The van der Waals surface area contributed by atoms with E-state index in [0.717, 1.165) is 10.6 Å². The van der Waals surface area contributed by atoms with Gasteiger partial charge in [0.1, 0.15) is 0 Å². The molecule has 0 saturated carbocycles. The van der Waals surface area contributed by atoms with Gasteiger partial charge in [0.15, 0.2) is 5.11 Å². The molecular weight excluding hydrogens is 242 g/mol. The number of rotatable bonds is 2. The Morgan fingerprint density at radius 2 is 2.38 bits per heavy atom. The molecule has 0 aliphatic carbocycles. The van der Waals surface area contributed by atoms with Crippen molar-refractivity contribution in [2.24, 2.45) is 5.73 Å². The summed E-state index contributed by atoms with van der Waals surface area (Å²) < 4.78 is 0. The quantitative estimate of drug-likeness (QED) is 0.689. The number of nitrogens with two attached hydrogens (primary N) is 1. The summed E-state index contributed by atoms with van der Waals surface area (Å²) in [6, 6.07) is 3.65. The highest BCUT2D eigenvalue weighted by molar-refractivity contribution is 7.80. The van der Waals surface area contributed by atoms with E-state index in [9.17, 15) is 4.79 Å². The number of hydrogen-bond acceptors (Lipinski definition) is 3. The lowest BCUT2D eigenvalue weighted by Gasteiger charge is -2.28. The summed E-state index contributed by atoms with van der Waals surface area (Å²) in [4.78, 5) is 12.4. The molecule has 2 rings (SSSR count). The molecule has 4 nitrogen and oxygen atoms in total. The van der Waals surface area contributed by atoms with Crippen LogP contribution in [0.3, 0.4) is 0 Å². The summed E-state index contributed by atoms with van der Waals surface area (Å²) in [5.41, 5.74) is 6.64. The molecule has 1 amide bonds. The topological polar surface area (TPSA) is 67.2 Å². The van der Waals surface area contributed by atoms with E-state index in [2.05, 4.69) is 10.6 Å². The molecular formula is C10H11N3OS2. The number of carbonyl (C=O) groups excluding carboxylic acids is 1. The fourth-order valence-corrected chi connectivity index (χ4v) is 2.74. The second-order valence-corrected chi connectivity index (χ2v) is 4.84. The third kappa shape index (κ3) is 1.94. The maximum atomic E-state index is 11.4. The van der Waals surface area contributed by atoms with Crippen LogP contribution < -0.4 is 16.4 Å². The van der Waals surface area contributed by atoms with Crippen LogP contribution in [-0.4, -0.2) is 11.0 Å². The highest BCUT2D eigenvalue weighted by Gasteiger charge is 2.28. The van der Waals surface area contributed by atoms with Crippen LogP contribution in [0.4, 0.5) is 0 Å². The molecule has 1 aliphatic rings. The predicted octanol–water partition coefficient (Wildman–Crippen LogP) is 1.03. The van der Waals surface area contributed by atoms with Crippen molar-refractivity contribution in [1.29, 1.82) is 0 Å². The summed E-state index contributed by atoms with van der Waals surface area (Å²) >= 11 is 6.63. The Labute approximate surface area is 103 Å². The zero-order valence-corrected chi connectivity index (χ0v) is 10.2. The largest absolute Gasteiger partial charge is 0.366 e. The fraction of sp³-hybridized carbons (Fsp3) is 0.200. The third-order valence-electron chi connectivity index (χ3n) is 2.36. The summed E-state index contributed by atoms with van der Waals surface area (Å²) in [6.45, 7) is 1.80. The second kappa shape index (κ2) is 4.23. The molecule has 4 N–H and O–H groups in total. The molecule has 0 saturated heterocycles. The minimum absolute atomic E-state index is 0.230. The Kier molecular flexibility index (Phi) is 2.93. The molecule has 84 valence electrons. The molecule has 1 aliphatic heterocycles. The highest BCUT2D eigenvalue weighted by atomic mass is 32.1. The molecule has 0 aromatic carbocycles. The minimum atomic E-state index is -0.432. The molecule has 1 atom stereocenters. The van der Waals surface area contributed by atoms with Crippen LogP contribution in [0.25, 0.3) is 0 Å². The molecule has 0 spiro atoms. The minimum Gasteiger partial charge on any atom is -0.366 e. The van der Waals surface area contributed by atoms with Crippen molar-refractivity contribution in [2.75, 3.05) is 0 Å². The van der Waals surface area contributed by atoms with Crippen molar-refractivity contribution in [1.82, 2.24) is 10.6 Å². The van der Waals surface area contributed by atoms with Crippen LogP contribution in [0.15, 0.2) is 28.8 Å². The van der Waals surface area contributed by atoms with Crippen molar-refractivity contribution in [3.8, 4) is 0 Å². The van der Waals surface area contributed by atoms with E-state index >= 15 is 0 Å². The van der Waals surface area contributed by atoms with Gasteiger partial charge in [0.05, 0.1) is 11.6 Å². The number of carbonyl (C=O) groups is 1. The van der Waals surface area contributed by atoms with Gasteiger partial charge < -0.3 is 16.4 Å². The predicted molar refractivity (Wildman–Crippen MR) is 67.8 cm³/mol. The first-order valence-corrected chi connectivity index (χ1v) is 6.00. The third-order valence-corrected chi connectivity index (χ3v) is 3.52. The van der Waals surface area contributed by atoms with Crippen LogP contribution in [0.1, 0.15) is 17.8 Å². The standard InChI is InChI=1S/C10H11N3OS2/c1-5-7(9(11)14)8(13-10(15)12-5)6-3-2-4-16-6/h2-4,8H,1H3,(H2,11,14)(H2,12,13,15)/t8-/m0/s1. The van der Waals surface area contributed by atoms with Gasteiger partial charge in [-0.15, -0.1) is 11.3 Å². The first-order chi connectivity index (χ1) is 7.59. The molecule has 1 aromatic rings. The molecule has 2 heterocycles. The van der Waals surface area contributed by atoms with E-state index in [-0.39, 0.29) is 6.04 Å². The number of amides is 1. The number of primary amides is 1. The SMILES string of the molecule is CC1=C(C(N)=O)[C@H](c2cccs2)NC(=S)N1. The van der Waals surface area contributed by atoms with Gasteiger partial charge >= 0.3 is 0 Å². The lowest BCUT2D eigenvalue weighted by Crippen LogP contribution is -2.45. The monoisotopic (exact) mass is 253 g/mol. The van der Waals surface area contributed by atoms with Gasteiger partial charge in [0.25, 0.3) is 0 Å². The van der Waals surface area contributed by atoms with E-state index in [1.54, 1.807) is 18.3 Å². The molecule has 0 fully saturated rings. The van der Waals surface area contributed by atoms with Crippen LogP contribution in [-0.2, 0) is 4.79 Å². The second-order valence-electron chi connectivity index (χ2n) is 3.45. The van der Waals surface area contributed by atoms with Gasteiger partial charge in [-0.2, -0.15) is 0 Å². The van der Waals surface area contributed by atoms with E-state index < -0.39 is 5.91 Å². The number of thiophene rings is 1. The lowest BCUT2D eigenvalue weighted by atomic mass is 10.0. The first kappa shape index (κ1) is 11.1. The highest BCUT2D eigenvalue weighted by Crippen LogP contribution is 2.29. The van der Waals surface area contributed by atoms with Gasteiger partial charge in [-0.05, 0) is 30.6 Å². The molecule has 0 bridgehead atoms. The van der Waals surface area contributed by atoms with Crippen molar-refractivity contribution >= 4 is 34.6 Å². The average molecular weight is 253 g/mol. The maximum Gasteiger partial charge on any atom is 0.248 e. The van der Waals surface area contributed by atoms with Gasteiger partial charge in [-0.3, -0.25) is 4.79 Å². The van der Waals surface area contributed by atoms with Crippen LogP contribution in [0, 0.1) is 0 Å². The number of nitrogens with one attached hydrogen (secondary N) is 2. The normalized spacial score (nSPS) is 20.3. The van der Waals surface area contributed by atoms with Crippen LogP contribution in [0.2, 0.25) is 0 Å². The van der Waals surface area contributed by atoms with Crippen LogP contribution >= 0.6 is 23.6 Å². The summed E-state index contributed by atoms with van der Waals surface area (Å²) in [5.74, 6) is -0.432. The Morgan fingerprint density at radius 1 is 1.62 bits per heavy atom. The van der Waals surface area contributed by atoms with Crippen molar-refractivity contribution in [2.45, 2.75) is 13.0 Å². The first-order valence-electron chi connectivity index (χ1n) is 4.71. The Hall–Kier alpha value is -1.40. The Morgan fingerprint density at radius 3 is 2.94 bits per heavy atom. The van der Waals surface area contributed by atoms with E-state index in [0.29, 0.717) is 10.7 Å². The average Bonchev–Trinajstić information content (AvgIpc) is 2.67. The van der Waals surface area contributed by atoms with E-state index in [1.807, 2.05) is 17.5 Å². The van der Waals surface area contributed by atoms with E-state index in [4.69, 9.17) is 18.0 Å². The number of thiocarbonyl (C=S) groups is 1. The molecule has 0 radical (unpaired) electrons. The number of hydrogen-bond donors (Lipinski definition) is 3. The van der Waals surface area contributed by atoms with Crippen LogP contribution in [0.5, 0.6) is 0 Å². The molecule has 16 heavy (non-hydrogen) atoms. The molecule has 0 unspecified atom stereocenters. The smallest absolute Gasteiger partial charge is 0.248 e. The van der Waals surface area contributed by atoms with Crippen molar-refractivity contribution in [3.63, 3.8) is 0 Å². The fourth-order valence-electron chi connectivity index (χ4n) is 1.69. The molecule has 6 heteroatoms. The Balaban J connectivity index is 2.46. The molecule has 1 aromatic heterocycles. The lowest BCUT2D eigenvalue weighted by molar-refractivity contribution is -0.115. The summed E-state index contributed by atoms with van der Waals surface area (Å²) in [6.07, 6.45) is 0. The summed E-state index contributed by atoms with van der Waals surface area (Å²) in [5, 5.41) is 8.43. The van der Waals surface area contributed by atoms with Gasteiger partial charge in [0, 0.05) is 10.6 Å². The maximum absolute atomic E-state index is 11.4. The Bertz CT molecular complexity index is 464. The zero-order valence-electron chi connectivity index (χ0n) is 8.61. The summed E-state index contributed by atoms with van der Waals surface area (Å²) in [7, 11) is 0. The number of allylic oxidation sites excluding steroid dienone is 1.